The average Bonchev–Trinajstić information content (AvgIpc) is 3.04. The molecule has 0 unspecified atom stereocenters. The molecule has 0 saturated heterocycles. The SMILES string of the molecule is Nc1n[nH]c(CC(=O)N[C@@H]2CCCC[C@H]2NC(=O)c2ccc3c(c2)NC(=O)CCS3)n1. The molecule has 0 radical (unpaired) electrons. The maximum atomic E-state index is 12.9. The van der Waals surface area contributed by atoms with Gasteiger partial charge >= 0.3 is 0 Å². The van der Waals surface area contributed by atoms with Crippen LogP contribution in [0.2, 0.25) is 0 Å². The third-order valence-electron chi connectivity index (χ3n) is 5.41. The minimum atomic E-state index is -0.222. The van der Waals surface area contributed by atoms with Crippen molar-refractivity contribution in [1.29, 1.82) is 0 Å². The first-order valence-electron chi connectivity index (χ1n) is 10.3. The van der Waals surface area contributed by atoms with E-state index in [0.29, 0.717) is 29.2 Å². The van der Waals surface area contributed by atoms with Crippen molar-refractivity contribution in [1.82, 2.24) is 25.8 Å². The number of rotatable bonds is 5. The lowest BCUT2D eigenvalue weighted by molar-refractivity contribution is -0.121. The third kappa shape index (κ3) is 5.35. The maximum absolute atomic E-state index is 12.9. The monoisotopic (exact) mass is 443 g/mol. The number of aromatic nitrogens is 3. The van der Waals surface area contributed by atoms with Crippen LogP contribution < -0.4 is 21.7 Å². The molecule has 6 N–H and O–H groups in total. The number of nitrogens with zero attached hydrogens (tertiary/aromatic N) is 2. The number of nitrogens with two attached hydrogens (primary N) is 1. The Bertz CT molecular complexity index is 993. The molecule has 1 aliphatic carbocycles. The molecule has 4 rings (SSSR count). The Kier molecular flexibility index (Phi) is 6.40. The van der Waals surface area contributed by atoms with E-state index in [1.54, 1.807) is 23.9 Å². The van der Waals surface area contributed by atoms with Gasteiger partial charge in [0.15, 0.2) is 0 Å². The van der Waals surface area contributed by atoms with Crippen molar-refractivity contribution >= 4 is 41.1 Å². The maximum Gasteiger partial charge on any atom is 0.251 e. The van der Waals surface area contributed by atoms with Gasteiger partial charge in [-0.3, -0.25) is 19.5 Å². The molecule has 164 valence electrons. The van der Waals surface area contributed by atoms with Gasteiger partial charge in [-0.25, -0.2) is 0 Å². The summed E-state index contributed by atoms with van der Waals surface area (Å²) in [6.45, 7) is 0. The largest absolute Gasteiger partial charge is 0.367 e. The van der Waals surface area contributed by atoms with E-state index in [1.165, 1.54) is 0 Å². The highest BCUT2D eigenvalue weighted by Gasteiger charge is 2.28. The minimum Gasteiger partial charge on any atom is -0.367 e. The summed E-state index contributed by atoms with van der Waals surface area (Å²) in [5, 5.41) is 15.3. The molecule has 2 atom stereocenters. The van der Waals surface area contributed by atoms with Crippen molar-refractivity contribution in [2.24, 2.45) is 0 Å². The van der Waals surface area contributed by atoms with Crippen molar-refractivity contribution in [2.45, 2.75) is 55.5 Å². The first-order valence-corrected chi connectivity index (χ1v) is 11.3. The Morgan fingerprint density at radius 2 is 1.97 bits per heavy atom. The summed E-state index contributed by atoms with van der Waals surface area (Å²) in [4.78, 5) is 42.1. The molecule has 2 aliphatic rings. The minimum absolute atomic E-state index is 0.0452. The number of thioether (sulfide) groups is 1. The van der Waals surface area contributed by atoms with Crippen LogP contribution in [0, 0.1) is 0 Å². The lowest BCUT2D eigenvalue weighted by atomic mass is 9.90. The highest BCUT2D eigenvalue weighted by Crippen LogP contribution is 2.31. The molecule has 31 heavy (non-hydrogen) atoms. The zero-order valence-corrected chi connectivity index (χ0v) is 17.8. The van der Waals surface area contributed by atoms with E-state index in [0.717, 1.165) is 30.6 Å². The summed E-state index contributed by atoms with van der Waals surface area (Å²) in [5.41, 5.74) is 6.62. The van der Waals surface area contributed by atoms with E-state index in [2.05, 4.69) is 31.1 Å². The van der Waals surface area contributed by atoms with Crippen LogP contribution in [0.4, 0.5) is 11.6 Å². The van der Waals surface area contributed by atoms with E-state index in [1.807, 2.05) is 6.07 Å². The van der Waals surface area contributed by atoms with Crippen molar-refractivity contribution in [3.63, 3.8) is 0 Å². The van der Waals surface area contributed by atoms with Crippen LogP contribution in [0.15, 0.2) is 23.1 Å². The summed E-state index contributed by atoms with van der Waals surface area (Å²) in [7, 11) is 0. The number of nitrogens with one attached hydrogen (secondary N) is 4. The number of nitrogen functional groups attached to an aromatic ring is 1. The first kappa shape index (κ1) is 21.2. The summed E-state index contributed by atoms with van der Waals surface area (Å²) in [5.74, 6) is 0.742. The number of amides is 3. The van der Waals surface area contributed by atoms with Gasteiger partial charge in [0.25, 0.3) is 5.91 Å². The smallest absolute Gasteiger partial charge is 0.251 e. The van der Waals surface area contributed by atoms with E-state index in [-0.39, 0.29) is 42.2 Å². The van der Waals surface area contributed by atoms with Crippen LogP contribution in [-0.2, 0) is 16.0 Å². The number of aromatic amines is 1. The summed E-state index contributed by atoms with van der Waals surface area (Å²) >= 11 is 1.60. The summed E-state index contributed by atoms with van der Waals surface area (Å²) in [6.07, 6.45) is 4.02. The fraction of sp³-hybridized carbons (Fsp3) is 0.450. The highest BCUT2D eigenvalue weighted by molar-refractivity contribution is 7.99. The lowest BCUT2D eigenvalue weighted by Gasteiger charge is -2.32. The van der Waals surface area contributed by atoms with Gasteiger partial charge in [0.05, 0.1) is 12.1 Å². The Hall–Kier alpha value is -3.08. The van der Waals surface area contributed by atoms with Crippen LogP contribution in [-0.4, -0.2) is 50.7 Å². The third-order valence-corrected chi connectivity index (χ3v) is 6.48. The standard InChI is InChI=1S/C20H25N7O3S/c21-20-25-16(26-27-20)10-18(29)22-12-3-1-2-4-13(12)24-19(30)11-5-6-15-14(9-11)23-17(28)7-8-31-15/h5-6,9,12-13H,1-4,7-8,10H2,(H,22,29)(H,23,28)(H,24,30)(H3,21,25,26,27)/t12-,13-/m1/s1. The number of anilines is 2. The van der Waals surface area contributed by atoms with Crippen molar-refractivity contribution in [3.05, 3.63) is 29.6 Å². The fourth-order valence-corrected chi connectivity index (χ4v) is 4.83. The molecule has 0 bridgehead atoms. The Balaban J connectivity index is 1.40. The number of fused-ring (bicyclic) bond motifs is 1. The van der Waals surface area contributed by atoms with Crippen LogP contribution in [0.5, 0.6) is 0 Å². The predicted octanol–water partition coefficient (Wildman–Crippen LogP) is 1.22. The Morgan fingerprint density at radius 3 is 2.71 bits per heavy atom. The molecule has 1 fully saturated rings. The highest BCUT2D eigenvalue weighted by atomic mass is 32.2. The normalized spacial score (nSPS) is 20.8. The lowest BCUT2D eigenvalue weighted by Crippen LogP contribution is -2.53. The van der Waals surface area contributed by atoms with Gasteiger partial charge in [0.1, 0.15) is 5.82 Å². The fourth-order valence-electron chi connectivity index (χ4n) is 3.89. The van der Waals surface area contributed by atoms with Crippen LogP contribution >= 0.6 is 11.8 Å². The van der Waals surface area contributed by atoms with Gasteiger partial charge in [-0.15, -0.1) is 16.9 Å². The molecule has 10 nitrogen and oxygen atoms in total. The van der Waals surface area contributed by atoms with Gasteiger partial charge in [-0.2, -0.15) is 4.98 Å². The zero-order valence-electron chi connectivity index (χ0n) is 16.9. The van der Waals surface area contributed by atoms with Crippen LogP contribution in [0.25, 0.3) is 0 Å². The summed E-state index contributed by atoms with van der Waals surface area (Å²) < 4.78 is 0. The molecule has 2 aromatic rings. The molecule has 1 saturated carbocycles. The second kappa shape index (κ2) is 9.38. The van der Waals surface area contributed by atoms with Crippen molar-refractivity contribution in [3.8, 4) is 0 Å². The molecular weight excluding hydrogens is 418 g/mol. The molecule has 2 heterocycles. The number of benzene rings is 1. The molecular formula is C20H25N7O3S. The number of H-pyrrole nitrogens is 1. The topological polar surface area (TPSA) is 155 Å². The van der Waals surface area contributed by atoms with Gasteiger partial charge in [-0.05, 0) is 31.0 Å². The molecule has 1 aromatic heterocycles. The molecule has 1 aliphatic heterocycles. The van der Waals surface area contributed by atoms with Crippen molar-refractivity contribution in [2.75, 3.05) is 16.8 Å². The average molecular weight is 444 g/mol. The van der Waals surface area contributed by atoms with Crippen LogP contribution in [0.1, 0.15) is 48.3 Å². The van der Waals surface area contributed by atoms with Gasteiger partial charge in [0, 0.05) is 34.7 Å². The number of carbonyl (C=O) groups is 3. The van der Waals surface area contributed by atoms with Gasteiger partial charge < -0.3 is 21.7 Å². The summed E-state index contributed by atoms with van der Waals surface area (Å²) in [6, 6.07) is 5.01. The predicted molar refractivity (Wildman–Crippen MR) is 117 cm³/mol. The number of carbonyl (C=O) groups excluding carboxylic acids is 3. The van der Waals surface area contributed by atoms with E-state index in [9.17, 15) is 14.4 Å². The quantitative estimate of drug-likeness (QED) is 0.465. The van der Waals surface area contributed by atoms with Gasteiger partial charge in [-0.1, -0.05) is 12.8 Å². The first-order chi connectivity index (χ1) is 15.0. The van der Waals surface area contributed by atoms with E-state index < -0.39 is 0 Å². The zero-order chi connectivity index (χ0) is 21.8. The Labute approximate surface area is 183 Å². The van der Waals surface area contributed by atoms with Crippen LogP contribution in [0.3, 0.4) is 0 Å². The number of hydrogen-bond acceptors (Lipinski definition) is 7. The van der Waals surface area contributed by atoms with Crippen molar-refractivity contribution < 1.29 is 14.4 Å². The second-order valence-corrected chi connectivity index (χ2v) is 8.85. The Morgan fingerprint density at radius 1 is 1.19 bits per heavy atom. The second-order valence-electron chi connectivity index (χ2n) is 7.71. The number of hydrogen-bond donors (Lipinski definition) is 5. The van der Waals surface area contributed by atoms with E-state index in [4.69, 9.17) is 5.73 Å². The molecule has 3 amide bonds. The molecule has 11 heteroatoms. The molecule has 1 aromatic carbocycles. The van der Waals surface area contributed by atoms with Gasteiger partial charge in [0.2, 0.25) is 17.8 Å². The van der Waals surface area contributed by atoms with E-state index >= 15 is 0 Å². The molecule has 0 spiro atoms.